The van der Waals surface area contributed by atoms with Crippen LogP contribution in [0.5, 0.6) is 0 Å². The Morgan fingerprint density at radius 3 is 2.32 bits per heavy atom. The fourth-order valence-corrected chi connectivity index (χ4v) is 4.32. The Labute approximate surface area is 193 Å². The van der Waals surface area contributed by atoms with Crippen molar-refractivity contribution in [2.24, 2.45) is 0 Å². The van der Waals surface area contributed by atoms with Crippen molar-refractivity contribution in [3.8, 4) is 0 Å². The van der Waals surface area contributed by atoms with Gasteiger partial charge in [-0.1, -0.05) is 30.3 Å². The van der Waals surface area contributed by atoms with E-state index in [1.165, 1.54) is 53.4 Å². The van der Waals surface area contributed by atoms with Crippen molar-refractivity contribution in [2.75, 3.05) is 16.8 Å². The van der Waals surface area contributed by atoms with Gasteiger partial charge in [0, 0.05) is 13.6 Å². The van der Waals surface area contributed by atoms with Gasteiger partial charge in [-0.15, -0.1) is 0 Å². The lowest BCUT2D eigenvalue weighted by molar-refractivity contribution is -0.138. The Bertz CT molecular complexity index is 1200. The van der Waals surface area contributed by atoms with E-state index in [0.717, 1.165) is 11.6 Å². The van der Waals surface area contributed by atoms with Crippen molar-refractivity contribution in [3.63, 3.8) is 0 Å². The van der Waals surface area contributed by atoms with E-state index in [4.69, 9.17) is 5.11 Å². The number of alkyl halides is 3. The highest BCUT2D eigenvalue weighted by Crippen LogP contribution is 2.40. The van der Waals surface area contributed by atoms with Crippen molar-refractivity contribution in [1.82, 2.24) is 0 Å². The Morgan fingerprint density at radius 2 is 1.68 bits per heavy atom. The number of nitrogens with zero attached hydrogens (tertiary/aromatic N) is 2. The molecule has 0 saturated heterocycles. The van der Waals surface area contributed by atoms with Gasteiger partial charge in [0.1, 0.15) is 12.0 Å². The summed E-state index contributed by atoms with van der Waals surface area (Å²) in [5.41, 5.74) is 0.854. The van der Waals surface area contributed by atoms with Crippen LogP contribution in [0.25, 0.3) is 0 Å². The summed E-state index contributed by atoms with van der Waals surface area (Å²) in [6.07, 6.45) is -5.53. The van der Waals surface area contributed by atoms with Gasteiger partial charge in [0.25, 0.3) is 0 Å². The van der Waals surface area contributed by atoms with E-state index in [0.29, 0.717) is 11.4 Å². The van der Waals surface area contributed by atoms with Gasteiger partial charge >= 0.3 is 12.1 Å². The SMILES string of the molecule is CN1c2cc(F)ccc2N(Cc2ccccc2C(F)(F)F)C(O)C1Cc1ccc(C(=O)O)cc1. The number of aliphatic hydroxyl groups is 1. The zero-order valence-electron chi connectivity index (χ0n) is 18.1. The van der Waals surface area contributed by atoms with Crippen LogP contribution < -0.4 is 9.80 Å². The number of likely N-dealkylation sites (N-methyl/N-ethyl adjacent to an activating group) is 1. The van der Waals surface area contributed by atoms with Gasteiger partial charge in [0.15, 0.2) is 0 Å². The van der Waals surface area contributed by atoms with Crippen LogP contribution in [0.1, 0.15) is 27.0 Å². The zero-order valence-corrected chi connectivity index (χ0v) is 18.1. The second-order valence-corrected chi connectivity index (χ2v) is 8.21. The monoisotopic (exact) mass is 474 g/mol. The molecule has 34 heavy (non-hydrogen) atoms. The molecule has 0 spiro atoms. The second-order valence-electron chi connectivity index (χ2n) is 8.21. The third-order valence-corrected chi connectivity index (χ3v) is 6.10. The van der Waals surface area contributed by atoms with Crippen LogP contribution in [0.2, 0.25) is 0 Å². The number of carbonyl (C=O) groups is 1. The lowest BCUT2D eigenvalue weighted by atomic mass is 9.96. The molecule has 0 saturated carbocycles. The number of benzene rings is 3. The zero-order chi connectivity index (χ0) is 24.6. The van der Waals surface area contributed by atoms with Gasteiger partial charge < -0.3 is 20.0 Å². The first-order valence-electron chi connectivity index (χ1n) is 10.5. The average molecular weight is 474 g/mol. The molecule has 3 aromatic rings. The molecule has 0 bridgehead atoms. The van der Waals surface area contributed by atoms with E-state index in [2.05, 4.69) is 0 Å². The summed E-state index contributed by atoms with van der Waals surface area (Å²) in [4.78, 5) is 14.3. The highest BCUT2D eigenvalue weighted by atomic mass is 19.4. The molecule has 0 radical (unpaired) electrons. The number of aliphatic hydroxyl groups excluding tert-OH is 1. The molecule has 1 aliphatic rings. The van der Waals surface area contributed by atoms with Gasteiger partial charge in [-0.05, 0) is 53.9 Å². The molecule has 2 N–H and O–H groups in total. The topological polar surface area (TPSA) is 64.0 Å². The first-order valence-corrected chi connectivity index (χ1v) is 10.5. The number of rotatable bonds is 5. The molecular formula is C25H22F4N2O3. The molecule has 0 amide bonds. The summed E-state index contributed by atoms with van der Waals surface area (Å²) < 4.78 is 54.9. The highest BCUT2D eigenvalue weighted by Gasteiger charge is 2.39. The third kappa shape index (κ3) is 4.56. The van der Waals surface area contributed by atoms with Gasteiger partial charge in [-0.3, -0.25) is 0 Å². The van der Waals surface area contributed by atoms with Crippen LogP contribution in [0.3, 0.4) is 0 Å². The summed E-state index contributed by atoms with van der Waals surface area (Å²) >= 11 is 0. The molecule has 4 rings (SSSR count). The molecule has 0 fully saturated rings. The normalized spacial score (nSPS) is 18.1. The number of fused-ring (bicyclic) bond motifs is 1. The Balaban J connectivity index is 1.72. The summed E-state index contributed by atoms with van der Waals surface area (Å²) in [5.74, 6) is -1.58. The van der Waals surface area contributed by atoms with Crippen molar-refractivity contribution in [2.45, 2.75) is 31.4 Å². The number of aromatic carboxylic acids is 1. The standard InChI is InChI=1S/C25H22F4N2O3/c1-30-21-13-18(26)10-11-20(21)31(14-17-4-2-3-5-19(17)25(27,28)29)23(32)22(30)12-15-6-8-16(9-7-15)24(33)34/h2-11,13,22-23,32H,12,14H2,1H3,(H,33,34). The Morgan fingerprint density at radius 1 is 1.00 bits per heavy atom. The fraction of sp³-hybridized carbons (Fsp3) is 0.240. The molecule has 2 atom stereocenters. The van der Waals surface area contributed by atoms with Crippen LogP contribution >= 0.6 is 0 Å². The largest absolute Gasteiger partial charge is 0.478 e. The van der Waals surface area contributed by atoms with Crippen LogP contribution in [0, 0.1) is 5.82 Å². The van der Waals surface area contributed by atoms with Crippen LogP contribution in [-0.4, -0.2) is 35.5 Å². The predicted octanol–water partition coefficient (Wildman–Crippen LogP) is 4.93. The highest BCUT2D eigenvalue weighted by molar-refractivity contribution is 5.87. The van der Waals surface area contributed by atoms with E-state index in [1.54, 1.807) is 24.1 Å². The van der Waals surface area contributed by atoms with Gasteiger partial charge in [-0.2, -0.15) is 13.2 Å². The molecule has 1 heterocycles. The number of anilines is 2. The second kappa shape index (κ2) is 8.98. The number of carboxylic acids is 1. The van der Waals surface area contributed by atoms with Gasteiger partial charge in [0.2, 0.25) is 0 Å². The van der Waals surface area contributed by atoms with Crippen molar-refractivity contribution >= 4 is 17.3 Å². The summed E-state index contributed by atoms with van der Waals surface area (Å²) in [5, 5.41) is 20.4. The van der Waals surface area contributed by atoms with E-state index in [1.807, 2.05) is 0 Å². The molecule has 5 nitrogen and oxygen atoms in total. The van der Waals surface area contributed by atoms with E-state index >= 15 is 0 Å². The molecule has 1 aliphatic heterocycles. The lowest BCUT2D eigenvalue weighted by Gasteiger charge is -2.47. The third-order valence-electron chi connectivity index (χ3n) is 6.10. The van der Waals surface area contributed by atoms with E-state index < -0.39 is 35.8 Å². The number of carboxylic acid groups (broad SMARTS) is 1. The maximum Gasteiger partial charge on any atom is 0.416 e. The van der Waals surface area contributed by atoms with Crippen molar-refractivity contribution in [1.29, 1.82) is 0 Å². The first-order chi connectivity index (χ1) is 16.1. The minimum atomic E-state index is -4.56. The molecule has 9 heteroatoms. The van der Waals surface area contributed by atoms with Crippen molar-refractivity contribution < 1.29 is 32.6 Å². The molecule has 0 aliphatic carbocycles. The van der Waals surface area contributed by atoms with Crippen LogP contribution in [0.4, 0.5) is 28.9 Å². The summed E-state index contributed by atoms with van der Waals surface area (Å²) in [6, 6.07) is 14.6. The lowest BCUT2D eigenvalue weighted by Crippen LogP contribution is -2.56. The molecule has 178 valence electrons. The number of hydrogen-bond acceptors (Lipinski definition) is 4. The summed E-state index contributed by atoms with van der Waals surface area (Å²) in [6.45, 7) is -0.238. The minimum absolute atomic E-state index is 0.0153. The van der Waals surface area contributed by atoms with Crippen LogP contribution in [-0.2, 0) is 19.1 Å². The van der Waals surface area contributed by atoms with E-state index in [9.17, 15) is 27.5 Å². The van der Waals surface area contributed by atoms with Crippen LogP contribution in [0.15, 0.2) is 66.7 Å². The molecule has 0 aromatic heterocycles. The molecule has 2 unspecified atom stereocenters. The smallest absolute Gasteiger partial charge is 0.416 e. The fourth-order valence-electron chi connectivity index (χ4n) is 4.32. The first kappa shape index (κ1) is 23.6. The molecular weight excluding hydrogens is 452 g/mol. The predicted molar refractivity (Wildman–Crippen MR) is 119 cm³/mol. The Kier molecular flexibility index (Phi) is 6.22. The minimum Gasteiger partial charge on any atom is -0.478 e. The van der Waals surface area contributed by atoms with Gasteiger partial charge in [0.05, 0.1) is 28.5 Å². The average Bonchev–Trinajstić information content (AvgIpc) is 2.79. The number of hydrogen-bond donors (Lipinski definition) is 2. The molecule has 3 aromatic carbocycles. The quantitative estimate of drug-likeness (QED) is 0.514. The summed E-state index contributed by atoms with van der Waals surface area (Å²) in [7, 11) is 1.68. The number of halogens is 4. The maximum atomic E-state index is 14.1. The van der Waals surface area contributed by atoms with E-state index in [-0.39, 0.29) is 24.1 Å². The van der Waals surface area contributed by atoms with Gasteiger partial charge in [-0.25, -0.2) is 9.18 Å². The van der Waals surface area contributed by atoms with Crippen molar-refractivity contribution in [3.05, 3.63) is 94.8 Å². The Hall–Kier alpha value is -3.59. The maximum absolute atomic E-state index is 14.1.